The maximum absolute atomic E-state index is 2.62. The van der Waals surface area contributed by atoms with E-state index < -0.39 is 0 Å². The molecule has 2 aliphatic rings. The van der Waals surface area contributed by atoms with Crippen LogP contribution in [0, 0.1) is 47.3 Å². The van der Waals surface area contributed by atoms with Crippen molar-refractivity contribution in [1.29, 1.82) is 0 Å². The minimum atomic E-state index is 0.882. The van der Waals surface area contributed by atoms with Gasteiger partial charge in [-0.3, -0.25) is 0 Å². The molecule has 0 bridgehead atoms. The van der Waals surface area contributed by atoms with E-state index in [2.05, 4.69) is 41.5 Å². The lowest BCUT2D eigenvalue weighted by atomic mass is 9.60. The average Bonchev–Trinajstić information content (AvgIpc) is 2.79. The molecule has 0 spiro atoms. The Morgan fingerprint density at radius 1 is 0.909 bits per heavy atom. The van der Waals surface area contributed by atoms with Gasteiger partial charge in [0, 0.05) is 0 Å². The maximum Gasteiger partial charge on any atom is -0.0324 e. The SMILES string of the molecule is CCCCC1CC(C)C2CC(C)C(CCCC(C)C)C2C1C. The third kappa shape index (κ3) is 4.09. The molecule has 2 rings (SSSR count). The standard InChI is InChI=1S/C22H42/c1-7-8-11-19-13-16(4)21-14-17(5)20(22(21)18(19)6)12-9-10-15(2)3/h15-22H,7-14H2,1-6H3. The fraction of sp³-hybridized carbons (Fsp3) is 1.00. The largest absolute Gasteiger partial charge is 0.0654 e. The van der Waals surface area contributed by atoms with Gasteiger partial charge in [-0.05, 0) is 66.6 Å². The number of rotatable bonds is 7. The van der Waals surface area contributed by atoms with Crippen LogP contribution in [0.5, 0.6) is 0 Å². The topological polar surface area (TPSA) is 0 Å². The van der Waals surface area contributed by atoms with Gasteiger partial charge in [0.05, 0.1) is 0 Å². The van der Waals surface area contributed by atoms with Crippen LogP contribution in [0.3, 0.4) is 0 Å². The molecule has 0 radical (unpaired) electrons. The molecule has 22 heavy (non-hydrogen) atoms. The first-order chi connectivity index (χ1) is 10.5. The van der Waals surface area contributed by atoms with E-state index in [1.54, 1.807) is 0 Å². The molecule has 0 aliphatic heterocycles. The van der Waals surface area contributed by atoms with E-state index in [0.29, 0.717) is 0 Å². The zero-order valence-electron chi connectivity index (χ0n) is 16.3. The smallest absolute Gasteiger partial charge is 0.0324 e. The second kappa shape index (κ2) is 8.20. The highest BCUT2D eigenvalue weighted by atomic mass is 14.5. The molecule has 130 valence electrons. The number of hydrogen-bond donors (Lipinski definition) is 0. The number of fused-ring (bicyclic) bond motifs is 1. The van der Waals surface area contributed by atoms with Gasteiger partial charge in [-0.15, -0.1) is 0 Å². The van der Waals surface area contributed by atoms with Gasteiger partial charge in [0.2, 0.25) is 0 Å². The fourth-order valence-corrected chi connectivity index (χ4v) is 6.12. The van der Waals surface area contributed by atoms with E-state index >= 15 is 0 Å². The lowest BCUT2D eigenvalue weighted by Crippen LogP contribution is -2.38. The lowest BCUT2D eigenvalue weighted by Gasteiger charge is -2.45. The summed E-state index contributed by atoms with van der Waals surface area (Å²) in [6, 6.07) is 0. The Balaban J connectivity index is 2.02. The van der Waals surface area contributed by atoms with Crippen LogP contribution in [0.1, 0.15) is 92.9 Å². The molecule has 0 heteroatoms. The zero-order chi connectivity index (χ0) is 16.3. The Morgan fingerprint density at radius 3 is 2.27 bits per heavy atom. The molecule has 0 saturated heterocycles. The van der Waals surface area contributed by atoms with Crippen molar-refractivity contribution < 1.29 is 0 Å². The molecular weight excluding hydrogens is 264 g/mol. The molecule has 0 aromatic heterocycles. The average molecular weight is 307 g/mol. The summed E-state index contributed by atoms with van der Waals surface area (Å²) in [5, 5.41) is 0. The van der Waals surface area contributed by atoms with Crippen molar-refractivity contribution in [3.63, 3.8) is 0 Å². The summed E-state index contributed by atoms with van der Waals surface area (Å²) in [5.74, 6) is 7.99. The van der Waals surface area contributed by atoms with Crippen LogP contribution in [-0.2, 0) is 0 Å². The summed E-state index contributed by atoms with van der Waals surface area (Å²) < 4.78 is 0. The van der Waals surface area contributed by atoms with Crippen LogP contribution < -0.4 is 0 Å². The lowest BCUT2D eigenvalue weighted by molar-refractivity contribution is 0.0419. The van der Waals surface area contributed by atoms with Crippen molar-refractivity contribution in [1.82, 2.24) is 0 Å². The molecule has 0 amide bonds. The summed E-state index contributed by atoms with van der Waals surface area (Å²) in [6.07, 6.45) is 11.8. The number of unbranched alkanes of at least 4 members (excludes halogenated alkanes) is 1. The van der Waals surface area contributed by atoms with E-state index in [-0.39, 0.29) is 0 Å². The summed E-state index contributed by atoms with van der Waals surface area (Å²) >= 11 is 0. The summed E-state index contributed by atoms with van der Waals surface area (Å²) in [5.41, 5.74) is 0. The van der Waals surface area contributed by atoms with Crippen LogP contribution in [0.4, 0.5) is 0 Å². The van der Waals surface area contributed by atoms with Crippen LogP contribution in [0.25, 0.3) is 0 Å². The molecule has 0 aromatic carbocycles. The Bertz CT molecular complexity index is 318. The van der Waals surface area contributed by atoms with Gasteiger partial charge in [-0.2, -0.15) is 0 Å². The van der Waals surface area contributed by atoms with E-state index in [9.17, 15) is 0 Å². The van der Waals surface area contributed by atoms with E-state index in [4.69, 9.17) is 0 Å². The van der Waals surface area contributed by atoms with Gasteiger partial charge in [0.1, 0.15) is 0 Å². The Labute approximate surface area is 140 Å². The quantitative estimate of drug-likeness (QED) is 0.467. The second-order valence-electron chi connectivity index (χ2n) is 9.42. The monoisotopic (exact) mass is 306 g/mol. The van der Waals surface area contributed by atoms with Crippen molar-refractivity contribution in [3.05, 3.63) is 0 Å². The van der Waals surface area contributed by atoms with Crippen LogP contribution in [0.2, 0.25) is 0 Å². The van der Waals surface area contributed by atoms with Gasteiger partial charge in [-0.1, -0.05) is 73.6 Å². The Morgan fingerprint density at radius 2 is 1.64 bits per heavy atom. The maximum atomic E-state index is 2.62. The number of hydrogen-bond acceptors (Lipinski definition) is 0. The summed E-state index contributed by atoms with van der Waals surface area (Å²) in [4.78, 5) is 0. The molecule has 2 saturated carbocycles. The summed E-state index contributed by atoms with van der Waals surface area (Å²) in [6.45, 7) is 14.9. The summed E-state index contributed by atoms with van der Waals surface area (Å²) in [7, 11) is 0. The molecule has 7 atom stereocenters. The first kappa shape index (κ1) is 18.3. The molecule has 0 N–H and O–H groups in total. The van der Waals surface area contributed by atoms with E-state index in [1.807, 2.05) is 0 Å². The molecule has 0 heterocycles. The Kier molecular flexibility index (Phi) is 6.84. The van der Waals surface area contributed by atoms with Crippen molar-refractivity contribution in [3.8, 4) is 0 Å². The van der Waals surface area contributed by atoms with Crippen molar-refractivity contribution in [2.45, 2.75) is 92.9 Å². The van der Waals surface area contributed by atoms with Crippen LogP contribution in [0.15, 0.2) is 0 Å². The van der Waals surface area contributed by atoms with Crippen molar-refractivity contribution in [2.75, 3.05) is 0 Å². The van der Waals surface area contributed by atoms with Gasteiger partial charge >= 0.3 is 0 Å². The van der Waals surface area contributed by atoms with Crippen LogP contribution in [-0.4, -0.2) is 0 Å². The molecule has 7 unspecified atom stereocenters. The van der Waals surface area contributed by atoms with E-state index in [0.717, 1.165) is 47.3 Å². The van der Waals surface area contributed by atoms with Crippen LogP contribution >= 0.6 is 0 Å². The second-order valence-corrected chi connectivity index (χ2v) is 9.42. The minimum absolute atomic E-state index is 0.882. The molecule has 2 fully saturated rings. The minimum Gasteiger partial charge on any atom is -0.0654 e. The predicted molar refractivity (Wildman–Crippen MR) is 98.9 cm³/mol. The fourth-order valence-electron chi connectivity index (χ4n) is 6.12. The molecular formula is C22H42. The molecule has 0 nitrogen and oxygen atoms in total. The van der Waals surface area contributed by atoms with Crippen molar-refractivity contribution >= 4 is 0 Å². The zero-order valence-corrected chi connectivity index (χ0v) is 16.3. The third-order valence-electron chi connectivity index (χ3n) is 7.37. The van der Waals surface area contributed by atoms with Gasteiger partial charge < -0.3 is 0 Å². The van der Waals surface area contributed by atoms with Gasteiger partial charge in [0.15, 0.2) is 0 Å². The highest BCUT2D eigenvalue weighted by molar-refractivity contribution is 4.98. The normalized spacial score (nSPS) is 41.9. The third-order valence-corrected chi connectivity index (χ3v) is 7.37. The highest BCUT2D eigenvalue weighted by Crippen LogP contribution is 2.57. The molecule has 2 aliphatic carbocycles. The first-order valence-electron chi connectivity index (χ1n) is 10.5. The Hall–Kier alpha value is 0. The van der Waals surface area contributed by atoms with Gasteiger partial charge in [0.25, 0.3) is 0 Å². The highest BCUT2D eigenvalue weighted by Gasteiger charge is 2.49. The molecule has 0 aromatic rings. The predicted octanol–water partition coefficient (Wildman–Crippen LogP) is 7.18. The first-order valence-corrected chi connectivity index (χ1v) is 10.5. The van der Waals surface area contributed by atoms with Gasteiger partial charge in [-0.25, -0.2) is 0 Å². The van der Waals surface area contributed by atoms with E-state index in [1.165, 1.54) is 51.4 Å². The van der Waals surface area contributed by atoms with Crippen molar-refractivity contribution in [2.24, 2.45) is 47.3 Å².